The smallest absolute Gasteiger partial charge is 0.412 e. The van der Waals surface area contributed by atoms with Gasteiger partial charge in [-0.1, -0.05) is 15.9 Å². The van der Waals surface area contributed by atoms with E-state index in [2.05, 4.69) is 15.9 Å². The van der Waals surface area contributed by atoms with Gasteiger partial charge in [0, 0.05) is 17.1 Å². The van der Waals surface area contributed by atoms with Gasteiger partial charge in [0.05, 0.1) is 4.92 Å². The van der Waals surface area contributed by atoms with E-state index in [-0.39, 0.29) is 11.4 Å². The molecular weight excluding hydrogens is 292 g/mol. The number of rotatable bonds is 1. The van der Waals surface area contributed by atoms with Crippen molar-refractivity contribution in [3.8, 4) is 0 Å². The first-order valence-corrected chi connectivity index (χ1v) is 5.77. The lowest BCUT2D eigenvalue weighted by molar-refractivity contribution is -0.384. The number of hydrogen-bond donors (Lipinski definition) is 1. The second kappa shape index (κ2) is 4.33. The molecule has 0 radical (unpaired) electrons. The van der Waals surface area contributed by atoms with Crippen LogP contribution in [0.4, 0.5) is 16.2 Å². The summed E-state index contributed by atoms with van der Waals surface area (Å²) in [4.78, 5) is 22.5. The summed E-state index contributed by atoms with van der Waals surface area (Å²) in [5, 5.41) is 20.0. The fraction of sp³-hybridized carbons (Fsp3) is 0.300. The predicted molar refractivity (Wildman–Crippen MR) is 64.5 cm³/mol. The van der Waals surface area contributed by atoms with Crippen molar-refractivity contribution >= 4 is 33.4 Å². The number of halogens is 1. The zero-order valence-corrected chi connectivity index (χ0v) is 10.3. The van der Waals surface area contributed by atoms with Crippen molar-refractivity contribution in [3.05, 3.63) is 32.3 Å². The van der Waals surface area contributed by atoms with E-state index in [9.17, 15) is 14.9 Å². The molecule has 1 aromatic rings. The van der Waals surface area contributed by atoms with Crippen LogP contribution < -0.4 is 4.90 Å². The maximum atomic E-state index is 11.1. The minimum absolute atomic E-state index is 0.170. The zero-order chi connectivity index (χ0) is 12.6. The van der Waals surface area contributed by atoms with Gasteiger partial charge >= 0.3 is 6.09 Å². The molecule has 0 fully saturated rings. The van der Waals surface area contributed by atoms with Gasteiger partial charge in [0.15, 0.2) is 0 Å². The number of nitro benzene ring substituents is 1. The molecule has 1 aliphatic rings. The molecule has 0 aliphatic carbocycles. The first kappa shape index (κ1) is 11.8. The highest BCUT2D eigenvalue weighted by atomic mass is 79.9. The van der Waals surface area contributed by atoms with Crippen LogP contribution in [0, 0.1) is 10.1 Å². The molecule has 0 saturated heterocycles. The molecule has 0 bridgehead atoms. The van der Waals surface area contributed by atoms with Gasteiger partial charge in [-0.15, -0.1) is 0 Å². The fourth-order valence-electron chi connectivity index (χ4n) is 2.01. The molecule has 0 atom stereocenters. The molecule has 7 heteroatoms. The topological polar surface area (TPSA) is 83.7 Å². The van der Waals surface area contributed by atoms with Gasteiger partial charge in [-0.05, 0) is 24.5 Å². The van der Waals surface area contributed by atoms with E-state index in [1.807, 2.05) is 0 Å². The van der Waals surface area contributed by atoms with E-state index in [1.54, 1.807) is 6.07 Å². The van der Waals surface area contributed by atoms with E-state index in [1.165, 1.54) is 6.07 Å². The Kier molecular flexibility index (Phi) is 3.01. The highest BCUT2D eigenvalue weighted by Gasteiger charge is 2.30. The van der Waals surface area contributed by atoms with Crippen molar-refractivity contribution in [1.82, 2.24) is 0 Å². The number of nitro groups is 1. The van der Waals surface area contributed by atoms with Crippen molar-refractivity contribution in [2.45, 2.75) is 12.8 Å². The Bertz CT molecular complexity index is 503. The number of hydrogen-bond acceptors (Lipinski definition) is 3. The van der Waals surface area contributed by atoms with Crippen molar-refractivity contribution in [2.75, 3.05) is 11.4 Å². The molecule has 1 amide bonds. The molecule has 0 unspecified atom stereocenters. The maximum Gasteiger partial charge on any atom is 0.412 e. The highest BCUT2D eigenvalue weighted by Crippen LogP contribution is 2.38. The van der Waals surface area contributed by atoms with Crippen molar-refractivity contribution in [1.29, 1.82) is 0 Å². The van der Waals surface area contributed by atoms with Crippen LogP contribution in [0.3, 0.4) is 0 Å². The largest absolute Gasteiger partial charge is 0.465 e. The normalized spacial score (nSPS) is 14.3. The molecule has 0 aromatic heterocycles. The average molecular weight is 301 g/mol. The molecule has 1 aliphatic heterocycles. The summed E-state index contributed by atoms with van der Waals surface area (Å²) >= 11 is 3.20. The number of aryl methyl sites for hydroxylation is 1. The number of amides is 1. The van der Waals surface area contributed by atoms with E-state index in [0.717, 1.165) is 4.90 Å². The van der Waals surface area contributed by atoms with Crippen LogP contribution in [0.25, 0.3) is 0 Å². The lowest BCUT2D eigenvalue weighted by Crippen LogP contribution is -2.34. The van der Waals surface area contributed by atoms with Gasteiger partial charge in [-0.25, -0.2) is 4.79 Å². The number of carbonyl (C=O) groups is 1. The minimum Gasteiger partial charge on any atom is -0.465 e. The minimum atomic E-state index is -1.16. The van der Waals surface area contributed by atoms with Crippen LogP contribution in [0.2, 0.25) is 0 Å². The van der Waals surface area contributed by atoms with Crippen LogP contribution in [0.1, 0.15) is 12.0 Å². The van der Waals surface area contributed by atoms with E-state index in [4.69, 9.17) is 5.11 Å². The third-order valence-electron chi connectivity index (χ3n) is 2.66. The molecule has 17 heavy (non-hydrogen) atoms. The van der Waals surface area contributed by atoms with Crippen molar-refractivity contribution in [2.24, 2.45) is 0 Å². The Morgan fingerprint density at radius 3 is 2.82 bits per heavy atom. The van der Waals surface area contributed by atoms with Gasteiger partial charge in [0.2, 0.25) is 0 Å². The Morgan fingerprint density at radius 1 is 1.53 bits per heavy atom. The summed E-state index contributed by atoms with van der Waals surface area (Å²) in [5.41, 5.74) is 0.730. The van der Waals surface area contributed by atoms with Gasteiger partial charge in [0.25, 0.3) is 5.69 Å². The number of fused-ring (bicyclic) bond motifs is 1. The summed E-state index contributed by atoms with van der Waals surface area (Å²) in [6, 6.07) is 3.07. The monoisotopic (exact) mass is 300 g/mol. The summed E-state index contributed by atoms with van der Waals surface area (Å²) in [7, 11) is 0. The van der Waals surface area contributed by atoms with Crippen molar-refractivity contribution < 1.29 is 14.8 Å². The fourth-order valence-corrected chi connectivity index (χ4v) is 2.51. The highest BCUT2D eigenvalue weighted by molar-refractivity contribution is 9.10. The standard InChI is InChI=1S/C10H9BrN2O4/c11-7-4-6-2-1-3-12(10(14)15)9(6)8(5-7)13(16)17/h4-5H,1-3H2,(H,14,15). The Labute approximate surface area is 105 Å². The number of anilines is 1. The number of nitrogens with zero attached hydrogens (tertiary/aromatic N) is 2. The second-order valence-electron chi connectivity index (χ2n) is 3.73. The van der Waals surface area contributed by atoms with Crippen LogP contribution >= 0.6 is 15.9 Å². The van der Waals surface area contributed by atoms with Crippen molar-refractivity contribution in [3.63, 3.8) is 0 Å². The molecule has 0 spiro atoms. The molecule has 1 aromatic carbocycles. The molecule has 6 nitrogen and oxygen atoms in total. The molecule has 1 N–H and O–H groups in total. The van der Waals surface area contributed by atoms with Gasteiger partial charge < -0.3 is 5.11 Å². The zero-order valence-electron chi connectivity index (χ0n) is 8.72. The second-order valence-corrected chi connectivity index (χ2v) is 4.64. The molecular formula is C10H9BrN2O4. The van der Waals surface area contributed by atoms with E-state index < -0.39 is 11.0 Å². The SMILES string of the molecule is O=C(O)N1CCCc2cc(Br)cc([N+](=O)[O-])c21. The van der Waals surface area contributed by atoms with Gasteiger partial charge in [0.1, 0.15) is 5.69 Å². The predicted octanol–water partition coefficient (Wildman–Crippen LogP) is 2.79. The van der Waals surface area contributed by atoms with Gasteiger partial charge in [-0.3, -0.25) is 15.0 Å². The maximum absolute atomic E-state index is 11.1. The molecule has 0 saturated carbocycles. The number of benzene rings is 1. The molecule has 1 heterocycles. The summed E-state index contributed by atoms with van der Waals surface area (Å²) < 4.78 is 0.593. The number of carboxylic acid groups (broad SMARTS) is 1. The lowest BCUT2D eigenvalue weighted by Gasteiger charge is -2.26. The summed E-state index contributed by atoms with van der Waals surface area (Å²) in [6.07, 6.45) is 0.170. The quantitative estimate of drug-likeness (QED) is 0.638. The van der Waals surface area contributed by atoms with Crippen LogP contribution in [0.5, 0.6) is 0 Å². The van der Waals surface area contributed by atoms with Gasteiger partial charge in [-0.2, -0.15) is 0 Å². The average Bonchev–Trinajstić information content (AvgIpc) is 2.26. The first-order chi connectivity index (χ1) is 8.00. The van der Waals surface area contributed by atoms with Crippen LogP contribution in [-0.2, 0) is 6.42 Å². The first-order valence-electron chi connectivity index (χ1n) is 4.98. The third kappa shape index (κ3) is 2.10. The Balaban J connectivity index is 2.65. The summed E-state index contributed by atoms with van der Waals surface area (Å²) in [5.74, 6) is 0. The van der Waals surface area contributed by atoms with E-state index in [0.29, 0.717) is 29.4 Å². The third-order valence-corrected chi connectivity index (χ3v) is 3.12. The molecule has 2 rings (SSSR count). The lowest BCUT2D eigenvalue weighted by atomic mass is 10.0. The molecule has 90 valence electrons. The summed E-state index contributed by atoms with van der Waals surface area (Å²) in [6.45, 7) is 0.296. The Morgan fingerprint density at radius 2 is 2.24 bits per heavy atom. The van der Waals surface area contributed by atoms with Crippen LogP contribution in [0.15, 0.2) is 16.6 Å². The Hall–Kier alpha value is -1.63. The van der Waals surface area contributed by atoms with E-state index >= 15 is 0 Å². The van der Waals surface area contributed by atoms with Crippen LogP contribution in [-0.4, -0.2) is 22.7 Å².